The van der Waals surface area contributed by atoms with Gasteiger partial charge in [-0.1, -0.05) is 0 Å². The molecule has 0 unspecified atom stereocenters. The van der Waals surface area contributed by atoms with Gasteiger partial charge in [-0.25, -0.2) is 17.2 Å². The SMILES string of the molecule is Cc1sc(-c2nnc(C(=O)N3CCCCC3)o2)cc1S(=O)(=O)Nc1ccc(F)c(F)c1. The molecule has 31 heavy (non-hydrogen) atoms. The number of aryl methyl sites for hydroxylation is 1. The van der Waals surface area contributed by atoms with Crippen LogP contribution < -0.4 is 4.72 Å². The lowest BCUT2D eigenvalue weighted by molar-refractivity contribution is 0.0684. The molecule has 164 valence electrons. The maximum atomic E-state index is 13.4. The van der Waals surface area contributed by atoms with Crippen LogP contribution in [0, 0.1) is 18.6 Å². The molecule has 1 amide bonds. The number of nitrogens with one attached hydrogen (secondary N) is 1. The summed E-state index contributed by atoms with van der Waals surface area (Å²) < 4.78 is 59.7. The Kier molecular flexibility index (Phi) is 5.75. The Labute approximate surface area is 180 Å². The molecular formula is C19H18F2N4O4S2. The summed E-state index contributed by atoms with van der Waals surface area (Å²) in [4.78, 5) is 14.9. The van der Waals surface area contributed by atoms with Gasteiger partial charge in [0.15, 0.2) is 11.6 Å². The molecular weight excluding hydrogens is 450 g/mol. The van der Waals surface area contributed by atoms with E-state index in [-0.39, 0.29) is 28.3 Å². The fourth-order valence-electron chi connectivity index (χ4n) is 3.25. The number of hydrogen-bond donors (Lipinski definition) is 1. The zero-order valence-corrected chi connectivity index (χ0v) is 18.0. The first-order chi connectivity index (χ1) is 14.7. The van der Waals surface area contributed by atoms with E-state index in [9.17, 15) is 22.0 Å². The van der Waals surface area contributed by atoms with Gasteiger partial charge in [0, 0.05) is 24.0 Å². The predicted molar refractivity (Wildman–Crippen MR) is 109 cm³/mol. The lowest BCUT2D eigenvalue weighted by Gasteiger charge is -2.24. The second kappa shape index (κ2) is 8.35. The smallest absolute Gasteiger partial charge is 0.311 e. The van der Waals surface area contributed by atoms with E-state index in [1.54, 1.807) is 11.8 Å². The van der Waals surface area contributed by atoms with Crippen molar-refractivity contribution in [3.8, 4) is 10.8 Å². The second-order valence-corrected chi connectivity index (χ2v) is 9.94. The molecule has 1 fully saturated rings. The van der Waals surface area contributed by atoms with Crippen LogP contribution in [0.4, 0.5) is 14.5 Å². The highest BCUT2D eigenvalue weighted by molar-refractivity contribution is 7.93. The molecule has 12 heteroatoms. The number of benzene rings is 1. The van der Waals surface area contributed by atoms with Crippen LogP contribution in [-0.2, 0) is 10.0 Å². The molecule has 0 aliphatic carbocycles. The third-order valence-corrected chi connectivity index (χ3v) is 7.47. The Morgan fingerprint density at radius 3 is 2.58 bits per heavy atom. The quantitative estimate of drug-likeness (QED) is 0.611. The van der Waals surface area contributed by atoms with Crippen LogP contribution >= 0.6 is 11.3 Å². The van der Waals surface area contributed by atoms with Crippen molar-refractivity contribution in [2.75, 3.05) is 17.8 Å². The molecule has 3 aromatic rings. The first-order valence-electron chi connectivity index (χ1n) is 9.46. The molecule has 0 atom stereocenters. The first kappa shape index (κ1) is 21.4. The van der Waals surface area contributed by atoms with Crippen molar-refractivity contribution in [2.45, 2.75) is 31.1 Å². The third-order valence-electron chi connectivity index (χ3n) is 4.80. The van der Waals surface area contributed by atoms with Gasteiger partial charge in [0.05, 0.1) is 10.6 Å². The molecule has 1 aliphatic heterocycles. The molecule has 8 nitrogen and oxygen atoms in total. The van der Waals surface area contributed by atoms with Gasteiger partial charge in [-0.3, -0.25) is 9.52 Å². The maximum absolute atomic E-state index is 13.4. The summed E-state index contributed by atoms with van der Waals surface area (Å²) >= 11 is 1.10. The summed E-state index contributed by atoms with van der Waals surface area (Å²) in [5.74, 6) is -2.71. The van der Waals surface area contributed by atoms with E-state index < -0.39 is 21.7 Å². The average Bonchev–Trinajstić information content (AvgIpc) is 3.38. The van der Waals surface area contributed by atoms with Crippen molar-refractivity contribution in [2.24, 2.45) is 0 Å². The minimum Gasteiger partial charge on any atom is -0.411 e. The Hall–Kier alpha value is -2.86. The summed E-state index contributed by atoms with van der Waals surface area (Å²) in [5, 5.41) is 7.69. The molecule has 1 N–H and O–H groups in total. The Morgan fingerprint density at radius 2 is 1.87 bits per heavy atom. The minimum atomic E-state index is -4.08. The number of likely N-dealkylation sites (tertiary alicyclic amines) is 1. The van der Waals surface area contributed by atoms with Crippen LogP contribution in [0.3, 0.4) is 0 Å². The lowest BCUT2D eigenvalue weighted by atomic mass is 10.1. The number of aromatic nitrogens is 2. The molecule has 0 bridgehead atoms. The van der Waals surface area contributed by atoms with Gasteiger partial charge < -0.3 is 9.32 Å². The number of hydrogen-bond acceptors (Lipinski definition) is 7. The summed E-state index contributed by atoms with van der Waals surface area (Å²) in [6.45, 7) is 2.85. The summed E-state index contributed by atoms with van der Waals surface area (Å²) in [6.07, 6.45) is 2.91. The summed E-state index contributed by atoms with van der Waals surface area (Å²) in [6, 6.07) is 4.05. The molecule has 1 aliphatic rings. The molecule has 0 spiro atoms. The van der Waals surface area contributed by atoms with E-state index in [4.69, 9.17) is 4.42 Å². The number of carbonyl (C=O) groups excluding carboxylic acids is 1. The molecule has 3 heterocycles. The average molecular weight is 469 g/mol. The van der Waals surface area contributed by atoms with Gasteiger partial charge in [-0.05, 0) is 44.4 Å². The number of amides is 1. The van der Waals surface area contributed by atoms with E-state index in [0.717, 1.165) is 48.8 Å². The predicted octanol–water partition coefficient (Wildman–Crippen LogP) is 3.81. The second-order valence-electron chi connectivity index (χ2n) is 7.03. The molecule has 0 saturated carbocycles. The number of halogens is 2. The zero-order valence-electron chi connectivity index (χ0n) is 16.4. The maximum Gasteiger partial charge on any atom is 0.311 e. The van der Waals surface area contributed by atoms with Crippen LogP contribution in [0.1, 0.15) is 34.8 Å². The van der Waals surface area contributed by atoms with Crippen molar-refractivity contribution >= 4 is 33.0 Å². The normalized spacial score (nSPS) is 14.6. The first-order valence-corrected chi connectivity index (χ1v) is 11.8. The van der Waals surface area contributed by atoms with Crippen LogP contribution in [0.15, 0.2) is 33.6 Å². The van der Waals surface area contributed by atoms with Gasteiger partial charge in [0.1, 0.15) is 4.90 Å². The van der Waals surface area contributed by atoms with E-state index in [2.05, 4.69) is 14.9 Å². The van der Waals surface area contributed by atoms with Crippen LogP contribution in [0.5, 0.6) is 0 Å². The van der Waals surface area contributed by atoms with Crippen molar-refractivity contribution in [3.63, 3.8) is 0 Å². The number of piperidine rings is 1. The highest BCUT2D eigenvalue weighted by atomic mass is 32.2. The number of anilines is 1. The van der Waals surface area contributed by atoms with E-state index in [1.165, 1.54) is 6.07 Å². The van der Waals surface area contributed by atoms with Crippen LogP contribution in [0.2, 0.25) is 0 Å². The number of nitrogens with zero attached hydrogens (tertiary/aromatic N) is 3. The highest BCUT2D eigenvalue weighted by Gasteiger charge is 2.26. The molecule has 4 rings (SSSR count). The van der Waals surface area contributed by atoms with Crippen molar-refractivity contribution in [1.29, 1.82) is 0 Å². The standard InChI is InChI=1S/C19H18F2N4O4S2/c1-11-16(31(27,28)24-12-5-6-13(20)14(21)9-12)10-15(30-11)17-22-23-18(29-17)19(26)25-7-3-2-4-8-25/h5-6,9-10,24H,2-4,7-8H2,1H3. The van der Waals surface area contributed by atoms with Gasteiger partial charge in [-0.2, -0.15) is 0 Å². The van der Waals surface area contributed by atoms with Gasteiger partial charge in [0.25, 0.3) is 15.9 Å². The Balaban J connectivity index is 1.56. The fraction of sp³-hybridized carbons (Fsp3) is 0.316. The molecule has 1 saturated heterocycles. The van der Waals surface area contributed by atoms with Crippen molar-refractivity contribution in [1.82, 2.24) is 15.1 Å². The largest absolute Gasteiger partial charge is 0.411 e. The number of sulfonamides is 1. The molecule has 2 aromatic heterocycles. The Morgan fingerprint density at radius 1 is 1.13 bits per heavy atom. The third kappa shape index (κ3) is 4.44. The van der Waals surface area contributed by atoms with Gasteiger partial charge >= 0.3 is 11.8 Å². The van der Waals surface area contributed by atoms with Crippen molar-refractivity contribution < 1.29 is 26.4 Å². The zero-order chi connectivity index (χ0) is 22.2. The summed E-state index contributed by atoms with van der Waals surface area (Å²) in [7, 11) is -4.08. The van der Waals surface area contributed by atoms with E-state index >= 15 is 0 Å². The summed E-state index contributed by atoms with van der Waals surface area (Å²) in [5.41, 5.74) is -0.113. The topological polar surface area (TPSA) is 105 Å². The van der Waals surface area contributed by atoms with Crippen LogP contribution in [-0.4, -0.2) is 42.5 Å². The van der Waals surface area contributed by atoms with Gasteiger partial charge in [0.2, 0.25) is 0 Å². The fourth-order valence-corrected chi connectivity index (χ4v) is 5.81. The van der Waals surface area contributed by atoms with E-state index in [0.29, 0.717) is 22.8 Å². The van der Waals surface area contributed by atoms with E-state index in [1.807, 2.05) is 0 Å². The number of rotatable bonds is 5. The molecule has 0 radical (unpaired) electrons. The minimum absolute atomic E-state index is 0.0303. The Bertz CT molecular complexity index is 1230. The lowest BCUT2D eigenvalue weighted by Crippen LogP contribution is -2.35. The van der Waals surface area contributed by atoms with Crippen LogP contribution in [0.25, 0.3) is 10.8 Å². The number of carbonyl (C=O) groups is 1. The monoisotopic (exact) mass is 468 g/mol. The highest BCUT2D eigenvalue weighted by Crippen LogP contribution is 2.34. The molecule has 1 aromatic carbocycles. The van der Waals surface area contributed by atoms with Crippen molar-refractivity contribution in [3.05, 3.63) is 46.7 Å². The number of thiophene rings is 1. The van der Waals surface area contributed by atoms with Gasteiger partial charge in [-0.15, -0.1) is 21.5 Å².